The third kappa shape index (κ3) is 3.40. The van der Waals surface area contributed by atoms with E-state index in [0.29, 0.717) is 29.6 Å². The summed E-state index contributed by atoms with van der Waals surface area (Å²) in [4.78, 5) is 15.2. The lowest BCUT2D eigenvalue weighted by Crippen LogP contribution is -2.55. The molecule has 184 valence electrons. The van der Waals surface area contributed by atoms with E-state index in [0.717, 1.165) is 48.6 Å². The molecular weight excluding hydrogens is 422 g/mol. The molecule has 0 radical (unpaired) electrons. The minimum absolute atomic E-state index is 0.116. The van der Waals surface area contributed by atoms with E-state index in [-0.39, 0.29) is 11.3 Å². The molecule has 0 spiro atoms. The van der Waals surface area contributed by atoms with Crippen LogP contribution in [0.1, 0.15) is 84.1 Å². The van der Waals surface area contributed by atoms with Crippen LogP contribution in [0.4, 0.5) is 0 Å². The van der Waals surface area contributed by atoms with Crippen LogP contribution in [0.25, 0.3) is 11.0 Å². The molecule has 0 saturated heterocycles. The van der Waals surface area contributed by atoms with Crippen LogP contribution in [0.15, 0.2) is 18.2 Å². The molecule has 0 aliphatic heterocycles. The number of carbonyl (C=O) groups excluding carboxylic acids is 1. The SMILES string of the molecule is Cc1ccc2nn(CC(=O)[C@H]3CC[C@H]4[C@@H]5CC[C@@H]6C[C@](C)(O)CC[C@]6(C)[C@H]5CC[C@]34C)nc2c1. The van der Waals surface area contributed by atoms with Gasteiger partial charge in [-0.05, 0) is 124 Å². The van der Waals surface area contributed by atoms with Gasteiger partial charge in [0.25, 0.3) is 0 Å². The molecule has 4 fully saturated rings. The molecule has 4 aliphatic carbocycles. The summed E-state index contributed by atoms with van der Waals surface area (Å²) in [7, 11) is 0. The number of benzene rings is 1. The Kier molecular flexibility index (Phi) is 5.09. The Morgan fingerprint density at radius 3 is 2.56 bits per heavy atom. The van der Waals surface area contributed by atoms with Crippen molar-refractivity contribution in [3.63, 3.8) is 0 Å². The van der Waals surface area contributed by atoms with Gasteiger partial charge >= 0.3 is 0 Å². The lowest BCUT2D eigenvalue weighted by atomic mass is 9.44. The van der Waals surface area contributed by atoms with E-state index in [9.17, 15) is 9.90 Å². The van der Waals surface area contributed by atoms with Gasteiger partial charge in [-0.3, -0.25) is 4.79 Å². The Labute approximate surface area is 203 Å². The summed E-state index contributed by atoms with van der Waals surface area (Å²) in [5.41, 5.74) is 2.91. The average molecular weight is 464 g/mol. The number of hydrogen-bond acceptors (Lipinski definition) is 4. The van der Waals surface area contributed by atoms with Crippen molar-refractivity contribution in [1.82, 2.24) is 15.0 Å². The second kappa shape index (κ2) is 7.62. The Hall–Kier alpha value is -1.75. The standard InChI is InChI=1S/C29H41N3O2/c1-18-5-10-24-25(15-18)31-32(30-24)17-26(33)23-9-8-21-20-7-6-19-16-27(2,34)13-14-28(19,3)22(20)11-12-29(21,23)4/h5,10,15,19-23,34H,6-9,11-14,16-17H2,1-4H3/t19-,20+,21+,22+,23-,27-,28+,29+/m1/s1. The molecule has 8 atom stereocenters. The molecule has 0 unspecified atom stereocenters. The normalized spacial score (nSPS) is 43.9. The van der Waals surface area contributed by atoms with Crippen molar-refractivity contribution in [2.45, 2.75) is 97.6 Å². The summed E-state index contributed by atoms with van der Waals surface area (Å²) in [5.74, 6) is 3.28. The largest absolute Gasteiger partial charge is 0.390 e. The second-order valence-corrected chi connectivity index (χ2v) is 13.2. The van der Waals surface area contributed by atoms with Crippen molar-refractivity contribution >= 4 is 16.8 Å². The van der Waals surface area contributed by atoms with Crippen molar-refractivity contribution in [3.05, 3.63) is 23.8 Å². The van der Waals surface area contributed by atoms with Gasteiger partial charge < -0.3 is 5.11 Å². The van der Waals surface area contributed by atoms with Gasteiger partial charge in [0.15, 0.2) is 5.78 Å². The number of ketones is 1. The van der Waals surface area contributed by atoms with Gasteiger partial charge in [0.1, 0.15) is 17.6 Å². The summed E-state index contributed by atoms with van der Waals surface area (Å²) in [6, 6.07) is 6.08. The van der Waals surface area contributed by atoms with Crippen LogP contribution in [-0.4, -0.2) is 31.5 Å². The van der Waals surface area contributed by atoms with Crippen molar-refractivity contribution < 1.29 is 9.90 Å². The third-order valence-corrected chi connectivity index (χ3v) is 11.2. The number of Topliss-reactive ketones (excluding diaryl/α,β-unsaturated/α-hetero) is 1. The van der Waals surface area contributed by atoms with E-state index in [4.69, 9.17) is 0 Å². The number of aliphatic hydroxyl groups is 1. The summed E-state index contributed by atoms with van der Waals surface area (Å²) >= 11 is 0. The Morgan fingerprint density at radius 2 is 1.74 bits per heavy atom. The highest BCUT2D eigenvalue weighted by atomic mass is 16.3. The highest BCUT2D eigenvalue weighted by Crippen LogP contribution is 2.68. The minimum Gasteiger partial charge on any atom is -0.390 e. The van der Waals surface area contributed by atoms with Crippen molar-refractivity contribution in [1.29, 1.82) is 0 Å². The van der Waals surface area contributed by atoms with E-state index in [1.54, 1.807) is 4.80 Å². The van der Waals surface area contributed by atoms with Gasteiger partial charge in [-0.1, -0.05) is 19.9 Å². The summed E-state index contributed by atoms with van der Waals surface area (Å²) in [6.07, 6.45) is 10.3. The van der Waals surface area contributed by atoms with Gasteiger partial charge in [0, 0.05) is 5.92 Å². The summed E-state index contributed by atoms with van der Waals surface area (Å²) in [6.45, 7) is 9.37. The highest BCUT2D eigenvalue weighted by Gasteiger charge is 2.61. The van der Waals surface area contributed by atoms with Crippen molar-refractivity contribution in [3.8, 4) is 0 Å². The number of fused-ring (bicyclic) bond motifs is 6. The molecule has 1 aromatic heterocycles. The van der Waals surface area contributed by atoms with Crippen LogP contribution in [-0.2, 0) is 11.3 Å². The molecular formula is C29H41N3O2. The molecule has 5 nitrogen and oxygen atoms in total. The molecule has 0 bridgehead atoms. The fourth-order valence-electron chi connectivity index (χ4n) is 9.35. The van der Waals surface area contributed by atoms with E-state index in [2.05, 4.69) is 31.0 Å². The number of rotatable bonds is 3. The number of hydrogen-bond donors (Lipinski definition) is 1. The zero-order valence-electron chi connectivity index (χ0n) is 21.4. The van der Waals surface area contributed by atoms with Crippen molar-refractivity contribution in [2.24, 2.45) is 40.4 Å². The van der Waals surface area contributed by atoms with Crippen LogP contribution >= 0.6 is 0 Å². The smallest absolute Gasteiger partial charge is 0.159 e. The maximum Gasteiger partial charge on any atom is 0.159 e. The molecule has 4 aliphatic rings. The topological polar surface area (TPSA) is 68.0 Å². The predicted molar refractivity (Wildman–Crippen MR) is 133 cm³/mol. The van der Waals surface area contributed by atoms with Crippen LogP contribution < -0.4 is 0 Å². The Balaban J connectivity index is 1.20. The monoisotopic (exact) mass is 463 g/mol. The number of aryl methyl sites for hydroxylation is 1. The second-order valence-electron chi connectivity index (χ2n) is 13.2. The molecule has 5 heteroatoms. The van der Waals surface area contributed by atoms with Crippen molar-refractivity contribution in [2.75, 3.05) is 0 Å². The van der Waals surface area contributed by atoms with Crippen LogP contribution in [0.5, 0.6) is 0 Å². The lowest BCUT2D eigenvalue weighted by Gasteiger charge is -2.61. The zero-order chi connectivity index (χ0) is 23.9. The van der Waals surface area contributed by atoms with Crippen LogP contribution in [0.3, 0.4) is 0 Å². The van der Waals surface area contributed by atoms with Gasteiger partial charge in [0.05, 0.1) is 5.60 Å². The Bertz CT molecular complexity index is 1120. The molecule has 4 saturated carbocycles. The van der Waals surface area contributed by atoms with Gasteiger partial charge in [-0.25, -0.2) is 0 Å². The fraction of sp³-hybridized carbons (Fsp3) is 0.759. The first-order chi connectivity index (χ1) is 16.1. The molecule has 1 aromatic carbocycles. The van der Waals surface area contributed by atoms with E-state index in [1.165, 1.54) is 37.7 Å². The van der Waals surface area contributed by atoms with E-state index >= 15 is 0 Å². The van der Waals surface area contributed by atoms with Gasteiger partial charge in [-0.2, -0.15) is 15.0 Å². The lowest BCUT2D eigenvalue weighted by molar-refractivity contribution is -0.151. The first-order valence-electron chi connectivity index (χ1n) is 13.7. The first kappa shape index (κ1) is 22.7. The highest BCUT2D eigenvalue weighted by molar-refractivity contribution is 5.82. The fourth-order valence-corrected chi connectivity index (χ4v) is 9.35. The van der Waals surface area contributed by atoms with Gasteiger partial charge in [0.2, 0.25) is 0 Å². The maximum absolute atomic E-state index is 13.6. The molecule has 0 amide bonds. The summed E-state index contributed by atoms with van der Waals surface area (Å²) < 4.78 is 0. The minimum atomic E-state index is -0.477. The van der Waals surface area contributed by atoms with Gasteiger partial charge in [-0.15, -0.1) is 0 Å². The zero-order valence-corrected chi connectivity index (χ0v) is 21.4. The summed E-state index contributed by atoms with van der Waals surface area (Å²) in [5, 5.41) is 19.9. The maximum atomic E-state index is 13.6. The van der Waals surface area contributed by atoms with Crippen LogP contribution in [0.2, 0.25) is 0 Å². The Morgan fingerprint density at radius 1 is 0.971 bits per heavy atom. The van der Waals surface area contributed by atoms with E-state index < -0.39 is 5.60 Å². The first-order valence-corrected chi connectivity index (χ1v) is 13.7. The van der Waals surface area contributed by atoms with Crippen LogP contribution in [0, 0.1) is 47.3 Å². The third-order valence-electron chi connectivity index (χ3n) is 11.2. The number of carbonyl (C=O) groups is 1. The predicted octanol–water partition coefficient (Wildman–Crippen LogP) is 5.72. The molecule has 1 heterocycles. The number of aromatic nitrogens is 3. The van der Waals surface area contributed by atoms with E-state index in [1.807, 2.05) is 25.1 Å². The average Bonchev–Trinajstić information content (AvgIpc) is 3.33. The molecule has 1 N–H and O–H groups in total. The quantitative estimate of drug-likeness (QED) is 0.632. The number of nitrogens with zero attached hydrogens (tertiary/aromatic N) is 3. The molecule has 2 aromatic rings. The molecule has 6 rings (SSSR count). The molecule has 34 heavy (non-hydrogen) atoms.